The average molecular weight is 467 g/mol. The van der Waals surface area contributed by atoms with Gasteiger partial charge in [0, 0.05) is 5.39 Å². The normalized spacial score (nSPS) is 11.6. The van der Waals surface area contributed by atoms with Crippen molar-refractivity contribution in [1.82, 2.24) is 9.55 Å². The second-order valence-corrected chi connectivity index (χ2v) is 9.27. The minimum Gasteiger partial charge on any atom is -0.443 e. The fourth-order valence-electron chi connectivity index (χ4n) is 5.33. The van der Waals surface area contributed by atoms with Crippen LogP contribution in [0.15, 0.2) is 114 Å². The largest absolute Gasteiger partial charge is 0.443 e. The Balaban J connectivity index is 1.46. The van der Waals surface area contributed by atoms with E-state index in [-0.39, 0.29) is 0 Å². The zero-order valence-corrected chi connectivity index (χ0v) is 20.1. The topological polar surface area (TPSA) is 34.8 Å². The summed E-state index contributed by atoms with van der Waals surface area (Å²) in [6.45, 7) is 2.19. The Morgan fingerprint density at radius 2 is 1.56 bits per heavy atom. The fraction of sp³-hybridized carbons (Fsp3) is 0.0625. The van der Waals surface area contributed by atoms with Gasteiger partial charge in [-0.1, -0.05) is 60.7 Å². The van der Waals surface area contributed by atoms with Crippen LogP contribution in [0.4, 0.5) is 0 Å². The first-order valence-electron chi connectivity index (χ1n) is 12.1. The minimum absolute atomic E-state index is 0.814. The Bertz CT molecular complexity index is 1910. The standard InChI is InChI=1S/C32H24N3O/c1-21-12-13-23(22-14-16-26-24(18-22)15-17-30-31(26)33-20-36-30)19-27(21)32-34(2)28-10-6-7-11-29(28)35(32)25-8-4-3-5-9-25/h3-20H,1-2H3/q+1. The van der Waals surface area contributed by atoms with Crippen molar-refractivity contribution in [2.75, 3.05) is 0 Å². The van der Waals surface area contributed by atoms with Gasteiger partial charge in [0.05, 0.1) is 12.6 Å². The van der Waals surface area contributed by atoms with Gasteiger partial charge in [-0.2, -0.15) is 4.57 Å². The van der Waals surface area contributed by atoms with Crippen molar-refractivity contribution in [2.24, 2.45) is 7.05 Å². The van der Waals surface area contributed by atoms with E-state index in [1.165, 1.54) is 39.7 Å². The monoisotopic (exact) mass is 466 g/mol. The molecule has 0 unspecified atom stereocenters. The highest BCUT2D eigenvalue weighted by atomic mass is 16.3. The maximum Gasteiger partial charge on any atom is 0.295 e. The first-order chi connectivity index (χ1) is 17.7. The lowest BCUT2D eigenvalue weighted by molar-refractivity contribution is -0.633. The van der Waals surface area contributed by atoms with Crippen LogP contribution in [0.2, 0.25) is 0 Å². The molecule has 0 saturated carbocycles. The van der Waals surface area contributed by atoms with E-state index < -0.39 is 0 Å². The molecule has 0 amide bonds. The molecule has 0 aliphatic rings. The van der Waals surface area contributed by atoms with Crippen molar-refractivity contribution < 1.29 is 8.98 Å². The summed E-state index contributed by atoms with van der Waals surface area (Å²) in [6, 6.07) is 36.6. The van der Waals surface area contributed by atoms with E-state index in [2.05, 4.69) is 125 Å². The predicted molar refractivity (Wildman–Crippen MR) is 145 cm³/mol. The Labute approximate surface area is 208 Å². The second kappa shape index (κ2) is 7.92. The third-order valence-corrected chi connectivity index (χ3v) is 7.16. The van der Waals surface area contributed by atoms with Gasteiger partial charge in [0.15, 0.2) is 23.0 Å². The third kappa shape index (κ3) is 3.08. The summed E-state index contributed by atoms with van der Waals surface area (Å²) >= 11 is 0. The minimum atomic E-state index is 0.814. The van der Waals surface area contributed by atoms with Gasteiger partial charge in [-0.05, 0) is 71.5 Å². The van der Waals surface area contributed by atoms with Crippen molar-refractivity contribution in [3.63, 3.8) is 0 Å². The second-order valence-electron chi connectivity index (χ2n) is 9.27. The highest BCUT2D eigenvalue weighted by Gasteiger charge is 2.27. The fourth-order valence-corrected chi connectivity index (χ4v) is 5.33. The van der Waals surface area contributed by atoms with Crippen LogP contribution in [0, 0.1) is 6.92 Å². The zero-order valence-electron chi connectivity index (χ0n) is 20.1. The number of benzene rings is 5. The highest BCUT2D eigenvalue weighted by molar-refractivity contribution is 6.04. The van der Waals surface area contributed by atoms with Crippen LogP contribution in [0.3, 0.4) is 0 Å². The number of para-hydroxylation sites is 3. The van der Waals surface area contributed by atoms with Gasteiger partial charge in [-0.25, -0.2) is 9.55 Å². The summed E-state index contributed by atoms with van der Waals surface area (Å²) < 4.78 is 10.2. The molecule has 0 saturated heterocycles. The van der Waals surface area contributed by atoms with E-state index in [4.69, 9.17) is 4.42 Å². The number of hydrogen-bond acceptors (Lipinski definition) is 2. The number of aromatic nitrogens is 3. The van der Waals surface area contributed by atoms with E-state index in [0.717, 1.165) is 33.4 Å². The molecule has 0 aliphatic carbocycles. The number of hydrogen-bond donors (Lipinski definition) is 0. The summed E-state index contributed by atoms with van der Waals surface area (Å²) in [5.74, 6) is 1.16. The molecule has 172 valence electrons. The van der Waals surface area contributed by atoms with Crippen LogP contribution in [0.5, 0.6) is 0 Å². The Kier molecular flexibility index (Phi) is 4.55. The number of imidazole rings is 1. The summed E-state index contributed by atoms with van der Waals surface area (Å²) in [5, 5.41) is 2.26. The first-order valence-corrected chi connectivity index (χ1v) is 12.1. The van der Waals surface area contributed by atoms with E-state index in [0.29, 0.717) is 0 Å². The zero-order chi connectivity index (χ0) is 24.2. The molecule has 0 fully saturated rings. The molecular weight excluding hydrogens is 442 g/mol. The average Bonchev–Trinajstić information content (AvgIpc) is 3.52. The third-order valence-electron chi connectivity index (χ3n) is 7.16. The molecule has 0 atom stereocenters. The quantitative estimate of drug-likeness (QED) is 0.254. The van der Waals surface area contributed by atoms with Gasteiger partial charge < -0.3 is 4.42 Å². The van der Waals surface area contributed by atoms with E-state index in [1.54, 1.807) is 0 Å². The van der Waals surface area contributed by atoms with Crippen LogP contribution in [0.25, 0.3) is 61.1 Å². The van der Waals surface area contributed by atoms with Crippen LogP contribution in [0.1, 0.15) is 5.56 Å². The summed E-state index contributed by atoms with van der Waals surface area (Å²) in [4.78, 5) is 4.41. The SMILES string of the molecule is Cc1ccc(-c2ccc3c(ccc4ocnc43)c2)cc1-c1n(-c2ccccc2)c2ccccc2[n+]1C. The molecule has 5 aromatic carbocycles. The lowest BCUT2D eigenvalue weighted by atomic mass is 9.97. The van der Waals surface area contributed by atoms with Gasteiger partial charge in [0.2, 0.25) is 0 Å². The number of oxazole rings is 1. The van der Waals surface area contributed by atoms with Gasteiger partial charge >= 0.3 is 0 Å². The Hall–Kier alpha value is -4.70. The van der Waals surface area contributed by atoms with Crippen LogP contribution < -0.4 is 4.57 Å². The molecule has 7 aromatic rings. The molecule has 7 rings (SSSR count). The maximum atomic E-state index is 5.49. The molecule has 0 bridgehead atoms. The molecule has 0 aliphatic heterocycles. The molecule has 36 heavy (non-hydrogen) atoms. The summed E-state index contributed by atoms with van der Waals surface area (Å²) in [6.07, 6.45) is 1.51. The number of nitrogens with zero attached hydrogens (tertiary/aromatic N) is 3. The van der Waals surface area contributed by atoms with Crippen molar-refractivity contribution in [2.45, 2.75) is 6.92 Å². The predicted octanol–water partition coefficient (Wildman–Crippen LogP) is 7.39. The highest BCUT2D eigenvalue weighted by Crippen LogP contribution is 2.34. The number of fused-ring (bicyclic) bond motifs is 4. The maximum absolute atomic E-state index is 5.49. The summed E-state index contributed by atoms with van der Waals surface area (Å²) in [5.41, 5.74) is 10.1. The van der Waals surface area contributed by atoms with Gasteiger partial charge in [0.1, 0.15) is 11.2 Å². The van der Waals surface area contributed by atoms with Gasteiger partial charge in [0.25, 0.3) is 5.82 Å². The van der Waals surface area contributed by atoms with Crippen LogP contribution >= 0.6 is 0 Å². The molecule has 0 spiro atoms. The van der Waals surface area contributed by atoms with E-state index in [1.807, 2.05) is 6.07 Å². The van der Waals surface area contributed by atoms with E-state index in [9.17, 15) is 0 Å². The van der Waals surface area contributed by atoms with Crippen molar-refractivity contribution >= 4 is 32.9 Å². The van der Waals surface area contributed by atoms with Crippen LogP contribution in [-0.2, 0) is 7.05 Å². The molecule has 0 N–H and O–H groups in total. The smallest absolute Gasteiger partial charge is 0.295 e. The Morgan fingerprint density at radius 3 is 2.44 bits per heavy atom. The van der Waals surface area contributed by atoms with Crippen molar-refractivity contribution in [1.29, 1.82) is 0 Å². The van der Waals surface area contributed by atoms with Gasteiger partial charge in [-0.15, -0.1) is 0 Å². The van der Waals surface area contributed by atoms with Crippen molar-refractivity contribution in [3.05, 3.63) is 115 Å². The van der Waals surface area contributed by atoms with Crippen LogP contribution in [-0.4, -0.2) is 9.55 Å². The molecule has 4 heteroatoms. The first kappa shape index (κ1) is 20.7. The number of aryl methyl sites for hydroxylation is 2. The van der Waals surface area contributed by atoms with Gasteiger partial charge in [-0.3, -0.25) is 0 Å². The molecule has 2 heterocycles. The molecule has 2 aromatic heterocycles. The van der Waals surface area contributed by atoms with E-state index >= 15 is 0 Å². The number of rotatable bonds is 3. The lowest BCUT2D eigenvalue weighted by Crippen LogP contribution is -2.30. The summed E-state index contributed by atoms with van der Waals surface area (Å²) in [7, 11) is 2.16. The Morgan fingerprint density at radius 1 is 0.778 bits per heavy atom. The molecule has 0 radical (unpaired) electrons. The lowest BCUT2D eigenvalue weighted by Gasteiger charge is -2.10. The molecule has 4 nitrogen and oxygen atoms in total. The molecular formula is C32H24N3O+. The van der Waals surface area contributed by atoms with Crippen molar-refractivity contribution in [3.8, 4) is 28.2 Å².